The van der Waals surface area contributed by atoms with Crippen LogP contribution >= 0.6 is 22.6 Å². The van der Waals surface area contributed by atoms with E-state index in [4.69, 9.17) is 27.2 Å². The lowest BCUT2D eigenvalue weighted by atomic mass is 9.92. The lowest BCUT2D eigenvalue weighted by molar-refractivity contribution is 0.410. The van der Waals surface area contributed by atoms with Crippen molar-refractivity contribution in [2.45, 2.75) is 57.7 Å². The maximum absolute atomic E-state index is 6.26. The number of fused-ring (bicyclic) bond motifs is 1. The average molecular weight is 506 g/mol. The summed E-state index contributed by atoms with van der Waals surface area (Å²) in [7, 11) is 0. The number of aromatic nitrogens is 4. The van der Waals surface area contributed by atoms with Crippen molar-refractivity contribution in [2.24, 2.45) is 5.73 Å². The molecule has 4 rings (SSSR count). The second-order valence-corrected chi connectivity index (χ2v) is 8.90. The van der Waals surface area contributed by atoms with E-state index < -0.39 is 0 Å². The highest BCUT2D eigenvalue weighted by molar-refractivity contribution is 14.1. The van der Waals surface area contributed by atoms with Crippen molar-refractivity contribution >= 4 is 51.2 Å². The monoisotopic (exact) mass is 506 g/mol. The van der Waals surface area contributed by atoms with E-state index in [1.807, 2.05) is 12.1 Å². The first-order valence-electron chi connectivity index (χ1n) is 10.0. The van der Waals surface area contributed by atoms with Crippen molar-refractivity contribution in [2.75, 3.05) is 16.8 Å². The van der Waals surface area contributed by atoms with Gasteiger partial charge < -0.3 is 27.1 Å². The van der Waals surface area contributed by atoms with E-state index in [2.05, 4.69) is 50.4 Å². The Morgan fingerprint density at radius 2 is 1.90 bits per heavy atom. The zero-order chi connectivity index (χ0) is 20.5. The van der Waals surface area contributed by atoms with Crippen LogP contribution in [0.5, 0.6) is 0 Å². The zero-order valence-electron chi connectivity index (χ0n) is 16.5. The molecule has 0 amide bonds. The minimum atomic E-state index is 0.305. The zero-order valence-corrected chi connectivity index (χ0v) is 18.7. The van der Waals surface area contributed by atoms with Crippen molar-refractivity contribution in [3.63, 3.8) is 0 Å². The molecule has 1 fully saturated rings. The summed E-state index contributed by atoms with van der Waals surface area (Å²) in [4.78, 5) is 14.0. The first-order chi connectivity index (χ1) is 13.9. The smallest absolute Gasteiger partial charge is 0.226 e. The molecule has 2 aromatic heterocycles. The molecule has 0 bridgehead atoms. The van der Waals surface area contributed by atoms with E-state index in [0.29, 0.717) is 35.8 Å². The van der Waals surface area contributed by atoms with Gasteiger partial charge in [0, 0.05) is 34.3 Å². The molecule has 3 aromatic rings. The average Bonchev–Trinajstić information content (AvgIpc) is 3.04. The fraction of sp³-hybridized carbons (Fsp3) is 0.450. The van der Waals surface area contributed by atoms with Gasteiger partial charge in [-0.1, -0.05) is 0 Å². The van der Waals surface area contributed by atoms with Crippen molar-refractivity contribution in [1.82, 2.24) is 19.5 Å². The fourth-order valence-electron chi connectivity index (χ4n) is 3.94. The Morgan fingerprint density at radius 3 is 2.62 bits per heavy atom. The maximum atomic E-state index is 6.26. The largest absolute Gasteiger partial charge is 0.398 e. The number of halogens is 1. The third-order valence-electron chi connectivity index (χ3n) is 5.58. The highest BCUT2D eigenvalue weighted by Gasteiger charge is 2.21. The summed E-state index contributed by atoms with van der Waals surface area (Å²) in [5.74, 6) is 1.84. The molecule has 8 nitrogen and oxygen atoms in total. The van der Waals surface area contributed by atoms with E-state index in [-0.39, 0.29) is 0 Å². The number of hydrogen-bond donors (Lipinski definition) is 4. The molecule has 7 N–H and O–H groups in total. The number of nitrogen functional groups attached to an aromatic ring is 2. The second kappa shape index (κ2) is 8.31. The first kappa shape index (κ1) is 20.1. The highest BCUT2D eigenvalue weighted by atomic mass is 127. The normalized spacial score (nSPS) is 19.6. The molecular weight excluding hydrogens is 479 g/mol. The van der Waals surface area contributed by atoms with Gasteiger partial charge in [0.05, 0.1) is 0 Å². The Balaban J connectivity index is 1.67. The third-order valence-corrected chi connectivity index (χ3v) is 6.25. The summed E-state index contributed by atoms with van der Waals surface area (Å²) < 4.78 is 3.23. The first-order valence-corrected chi connectivity index (χ1v) is 11.1. The molecule has 1 saturated carbocycles. The van der Waals surface area contributed by atoms with Crippen LogP contribution in [-0.2, 0) is 13.0 Å². The molecule has 1 aromatic carbocycles. The summed E-state index contributed by atoms with van der Waals surface area (Å²) in [5.41, 5.74) is 21.7. The number of imidazole rings is 1. The molecule has 0 spiro atoms. The van der Waals surface area contributed by atoms with Gasteiger partial charge in [-0.25, -0.2) is 4.98 Å². The van der Waals surface area contributed by atoms with Gasteiger partial charge in [0.2, 0.25) is 5.95 Å². The number of aryl methyl sites for hydroxylation is 1. The van der Waals surface area contributed by atoms with Crippen molar-refractivity contribution in [1.29, 1.82) is 0 Å². The lowest BCUT2D eigenvalue weighted by Crippen LogP contribution is -2.33. The van der Waals surface area contributed by atoms with Gasteiger partial charge in [0.25, 0.3) is 0 Å². The van der Waals surface area contributed by atoms with Crippen LogP contribution in [0.4, 0.5) is 17.5 Å². The Morgan fingerprint density at radius 1 is 1.14 bits per heavy atom. The van der Waals surface area contributed by atoms with Crippen LogP contribution in [0.1, 0.15) is 44.0 Å². The summed E-state index contributed by atoms with van der Waals surface area (Å²) in [5, 5.41) is 3.44. The predicted octanol–water partition coefficient (Wildman–Crippen LogP) is 2.89. The van der Waals surface area contributed by atoms with E-state index in [1.54, 1.807) is 0 Å². The number of benzene rings is 1. The molecule has 2 heterocycles. The van der Waals surface area contributed by atoms with Crippen LogP contribution < -0.4 is 22.5 Å². The number of anilines is 3. The second-order valence-electron chi connectivity index (χ2n) is 7.65. The van der Waals surface area contributed by atoms with E-state index >= 15 is 0 Å². The van der Waals surface area contributed by atoms with Crippen molar-refractivity contribution in [3.8, 4) is 0 Å². The number of nitrogens with two attached hydrogens (primary N) is 3. The number of hydrogen-bond acceptors (Lipinski definition) is 7. The van der Waals surface area contributed by atoms with Crippen LogP contribution in [0.2, 0.25) is 0 Å². The Bertz CT molecular complexity index is 1020. The van der Waals surface area contributed by atoms with Crippen LogP contribution in [-0.4, -0.2) is 31.6 Å². The predicted molar refractivity (Wildman–Crippen MR) is 126 cm³/mol. The number of nitrogens with zero attached hydrogens (tertiary/aromatic N) is 4. The Hall–Kier alpha value is -2.14. The van der Waals surface area contributed by atoms with E-state index in [0.717, 1.165) is 58.5 Å². The van der Waals surface area contributed by atoms with E-state index in [1.165, 1.54) is 0 Å². The van der Waals surface area contributed by atoms with Gasteiger partial charge in [-0.05, 0) is 79.0 Å². The summed E-state index contributed by atoms with van der Waals surface area (Å²) in [6.07, 6.45) is 4.70. The Kier molecular flexibility index (Phi) is 5.77. The van der Waals surface area contributed by atoms with Gasteiger partial charge >= 0.3 is 0 Å². The number of nitrogens with one attached hydrogen (secondary N) is 1. The fourth-order valence-corrected chi connectivity index (χ4v) is 4.50. The molecule has 0 unspecified atom stereocenters. The molecule has 1 aliphatic rings. The molecule has 0 atom stereocenters. The molecule has 0 saturated heterocycles. The van der Waals surface area contributed by atoms with Crippen LogP contribution in [0.15, 0.2) is 18.2 Å². The Labute approximate surface area is 183 Å². The van der Waals surface area contributed by atoms with Crippen molar-refractivity contribution < 1.29 is 0 Å². The van der Waals surface area contributed by atoms with Gasteiger partial charge in [-0.3, -0.25) is 0 Å². The molecule has 0 radical (unpaired) electrons. The lowest BCUT2D eigenvalue weighted by Gasteiger charge is -2.26. The minimum absolute atomic E-state index is 0.305. The molecule has 1 aliphatic carbocycles. The molecule has 0 aliphatic heterocycles. The molecular formula is C20H27IN8. The number of rotatable bonds is 5. The SMILES string of the molecule is CCn1c(Cc2cc(I)ccc2N)nc2c(N)nc(NC3CCC(N)CC3)nc21. The third kappa shape index (κ3) is 4.25. The molecule has 9 heteroatoms. The quantitative estimate of drug-likeness (QED) is 0.309. The topological polar surface area (TPSA) is 134 Å². The maximum Gasteiger partial charge on any atom is 0.226 e. The van der Waals surface area contributed by atoms with Gasteiger partial charge in [0.15, 0.2) is 17.0 Å². The van der Waals surface area contributed by atoms with Gasteiger partial charge in [-0.2, -0.15) is 9.97 Å². The van der Waals surface area contributed by atoms with Crippen LogP contribution in [0, 0.1) is 3.57 Å². The highest BCUT2D eigenvalue weighted by Crippen LogP contribution is 2.26. The molecule has 154 valence electrons. The minimum Gasteiger partial charge on any atom is -0.398 e. The van der Waals surface area contributed by atoms with Crippen molar-refractivity contribution in [3.05, 3.63) is 33.2 Å². The van der Waals surface area contributed by atoms with Gasteiger partial charge in [0.1, 0.15) is 5.82 Å². The van der Waals surface area contributed by atoms with Gasteiger partial charge in [-0.15, -0.1) is 0 Å². The van der Waals surface area contributed by atoms with Crippen LogP contribution in [0.25, 0.3) is 11.2 Å². The van der Waals surface area contributed by atoms with E-state index in [9.17, 15) is 0 Å². The summed E-state index contributed by atoms with van der Waals surface area (Å²) in [6.45, 7) is 2.82. The standard InChI is InChI=1S/C20H27IN8/c1-2-29-16(10-11-9-12(21)3-8-15(11)23)26-17-18(24)27-20(28-19(17)29)25-14-6-4-13(22)5-7-14/h3,8-9,13-14H,2,4-7,10,22-23H2,1H3,(H3,24,25,27,28). The van der Waals surface area contributed by atoms with Crippen LogP contribution in [0.3, 0.4) is 0 Å². The summed E-state index contributed by atoms with van der Waals surface area (Å²) >= 11 is 2.29. The molecule has 29 heavy (non-hydrogen) atoms. The summed E-state index contributed by atoms with van der Waals surface area (Å²) in [6, 6.07) is 6.66.